The van der Waals surface area contributed by atoms with Crippen molar-refractivity contribution in [2.45, 2.75) is 0 Å². The first-order valence-electron chi connectivity index (χ1n) is 3.18. The highest BCUT2D eigenvalue weighted by Crippen LogP contribution is 2.34. The van der Waals surface area contributed by atoms with Gasteiger partial charge in [-0.15, -0.1) is 11.3 Å². The normalized spacial score (nSPS) is 10.8. The van der Waals surface area contributed by atoms with E-state index in [0.717, 1.165) is 4.70 Å². The summed E-state index contributed by atoms with van der Waals surface area (Å²) in [6.45, 7) is 0. The number of anilines is 1. The molecule has 2 rings (SSSR count). The van der Waals surface area contributed by atoms with Gasteiger partial charge in [0.05, 0.1) is 15.4 Å². The second kappa shape index (κ2) is 2.76. The maximum absolute atomic E-state index is 5.90. The summed E-state index contributed by atoms with van der Waals surface area (Å²) in [5.41, 5.74) is 6.97. The number of thiazole rings is 1. The molecule has 0 aliphatic heterocycles. The van der Waals surface area contributed by atoms with Crippen LogP contribution in [0, 0.1) is 0 Å². The molecule has 2 nitrogen and oxygen atoms in total. The highest BCUT2D eigenvalue weighted by atomic mass is 35.5. The summed E-state index contributed by atoms with van der Waals surface area (Å²) in [5, 5.41) is 0.642. The van der Waals surface area contributed by atoms with Gasteiger partial charge in [0.2, 0.25) is 0 Å². The van der Waals surface area contributed by atoms with E-state index in [9.17, 15) is 0 Å². The number of benzene rings is 1. The van der Waals surface area contributed by atoms with Crippen molar-refractivity contribution in [2.75, 3.05) is 5.73 Å². The number of fused-ring (bicyclic) bond motifs is 1. The van der Waals surface area contributed by atoms with Crippen LogP contribution < -0.4 is 5.73 Å². The van der Waals surface area contributed by atoms with Gasteiger partial charge in [0.1, 0.15) is 5.52 Å². The van der Waals surface area contributed by atoms with Crippen molar-refractivity contribution in [1.29, 1.82) is 0 Å². The molecule has 0 saturated heterocycles. The quantitative estimate of drug-likeness (QED) is 0.691. The third-order valence-electron chi connectivity index (χ3n) is 1.50. The Morgan fingerprint density at radius 2 is 2.08 bits per heavy atom. The molecule has 0 fully saturated rings. The van der Waals surface area contributed by atoms with E-state index >= 15 is 0 Å². The Kier molecular flexibility index (Phi) is 1.87. The van der Waals surface area contributed by atoms with Gasteiger partial charge in [0, 0.05) is 0 Å². The van der Waals surface area contributed by atoms with Gasteiger partial charge < -0.3 is 5.73 Å². The molecular formula is C7H4Cl2N2S. The van der Waals surface area contributed by atoms with Crippen molar-refractivity contribution in [3.63, 3.8) is 0 Å². The minimum Gasteiger partial charge on any atom is -0.397 e. The highest BCUT2D eigenvalue weighted by Gasteiger charge is 2.07. The average molecular weight is 219 g/mol. The lowest BCUT2D eigenvalue weighted by Crippen LogP contribution is -1.85. The molecule has 2 aromatic rings. The molecule has 2 N–H and O–H groups in total. The van der Waals surface area contributed by atoms with E-state index in [1.807, 2.05) is 0 Å². The van der Waals surface area contributed by atoms with E-state index in [1.54, 1.807) is 12.1 Å². The standard InChI is InChI=1S/C7H4Cl2N2S/c8-3-1-2-4(10)5-6(3)12-7(9)11-5/h1-2H,10H2. The van der Waals surface area contributed by atoms with Crippen LogP contribution in [0.15, 0.2) is 12.1 Å². The van der Waals surface area contributed by atoms with Crippen LogP contribution in [0.3, 0.4) is 0 Å². The zero-order chi connectivity index (χ0) is 8.72. The van der Waals surface area contributed by atoms with Crippen molar-refractivity contribution in [1.82, 2.24) is 4.98 Å². The fraction of sp³-hybridized carbons (Fsp3) is 0. The molecule has 1 aromatic carbocycles. The Morgan fingerprint density at radius 1 is 1.33 bits per heavy atom. The number of halogens is 2. The largest absolute Gasteiger partial charge is 0.397 e. The molecule has 5 heteroatoms. The van der Waals surface area contributed by atoms with Crippen LogP contribution >= 0.6 is 34.5 Å². The van der Waals surface area contributed by atoms with Gasteiger partial charge in [0.25, 0.3) is 0 Å². The molecule has 0 atom stereocenters. The van der Waals surface area contributed by atoms with E-state index in [2.05, 4.69) is 4.98 Å². The summed E-state index contributed by atoms with van der Waals surface area (Å²) in [7, 11) is 0. The average Bonchev–Trinajstić information content (AvgIpc) is 2.41. The molecule has 1 aromatic heterocycles. The van der Waals surface area contributed by atoms with E-state index in [4.69, 9.17) is 28.9 Å². The van der Waals surface area contributed by atoms with Gasteiger partial charge >= 0.3 is 0 Å². The van der Waals surface area contributed by atoms with Crippen molar-refractivity contribution in [3.8, 4) is 0 Å². The fourth-order valence-corrected chi connectivity index (χ4v) is 2.28. The van der Waals surface area contributed by atoms with Gasteiger partial charge in [-0.25, -0.2) is 4.98 Å². The summed E-state index contributed by atoms with van der Waals surface area (Å²) < 4.78 is 1.31. The number of nitrogens with two attached hydrogens (primary N) is 1. The topological polar surface area (TPSA) is 38.9 Å². The van der Waals surface area contributed by atoms with Crippen molar-refractivity contribution in [2.24, 2.45) is 0 Å². The van der Waals surface area contributed by atoms with Gasteiger partial charge in [0.15, 0.2) is 4.47 Å². The predicted octanol–water partition coefficient (Wildman–Crippen LogP) is 3.19. The summed E-state index contributed by atoms with van der Waals surface area (Å²) >= 11 is 13.0. The Labute approximate surface area is 82.9 Å². The molecule has 0 aliphatic carbocycles. The lowest BCUT2D eigenvalue weighted by atomic mass is 10.3. The zero-order valence-corrected chi connectivity index (χ0v) is 8.17. The second-order valence-electron chi connectivity index (χ2n) is 2.28. The van der Waals surface area contributed by atoms with Crippen LogP contribution in [-0.2, 0) is 0 Å². The SMILES string of the molecule is Nc1ccc(Cl)c2sc(Cl)nc12. The number of hydrogen-bond donors (Lipinski definition) is 1. The molecule has 0 spiro atoms. The maximum Gasteiger partial charge on any atom is 0.184 e. The molecule has 0 amide bonds. The zero-order valence-electron chi connectivity index (χ0n) is 5.84. The number of rotatable bonds is 0. The van der Waals surface area contributed by atoms with E-state index in [0.29, 0.717) is 20.7 Å². The summed E-state index contributed by atoms with van der Waals surface area (Å²) in [6, 6.07) is 3.47. The summed E-state index contributed by atoms with van der Waals surface area (Å²) in [5.74, 6) is 0. The molecule has 0 radical (unpaired) electrons. The van der Waals surface area contributed by atoms with Crippen LogP contribution in [-0.4, -0.2) is 4.98 Å². The third kappa shape index (κ3) is 1.14. The molecule has 12 heavy (non-hydrogen) atoms. The first-order chi connectivity index (χ1) is 5.68. The van der Waals surface area contributed by atoms with E-state index < -0.39 is 0 Å². The molecular weight excluding hydrogens is 215 g/mol. The third-order valence-corrected chi connectivity index (χ3v) is 3.12. The minimum absolute atomic E-state index is 0.463. The molecule has 62 valence electrons. The Hall–Kier alpha value is -0.510. The van der Waals surface area contributed by atoms with E-state index in [-0.39, 0.29) is 0 Å². The molecule has 0 saturated carbocycles. The van der Waals surface area contributed by atoms with Gasteiger partial charge in [-0.05, 0) is 12.1 Å². The van der Waals surface area contributed by atoms with Gasteiger partial charge in [-0.3, -0.25) is 0 Å². The van der Waals surface area contributed by atoms with Crippen LogP contribution in [0.25, 0.3) is 10.2 Å². The number of aromatic nitrogens is 1. The monoisotopic (exact) mass is 218 g/mol. The van der Waals surface area contributed by atoms with Crippen molar-refractivity contribution < 1.29 is 0 Å². The molecule has 0 aliphatic rings. The van der Waals surface area contributed by atoms with Gasteiger partial charge in [-0.2, -0.15) is 0 Å². The highest BCUT2D eigenvalue weighted by molar-refractivity contribution is 7.22. The lowest BCUT2D eigenvalue weighted by Gasteiger charge is -1.94. The van der Waals surface area contributed by atoms with Crippen molar-refractivity contribution in [3.05, 3.63) is 21.6 Å². The second-order valence-corrected chi connectivity index (χ2v) is 4.27. The number of nitrogen functional groups attached to an aromatic ring is 1. The van der Waals surface area contributed by atoms with Gasteiger partial charge in [-0.1, -0.05) is 23.2 Å². The minimum atomic E-state index is 0.463. The number of nitrogens with zero attached hydrogens (tertiary/aromatic N) is 1. The van der Waals surface area contributed by atoms with Crippen molar-refractivity contribution >= 4 is 50.4 Å². The fourth-order valence-electron chi connectivity index (χ4n) is 0.969. The number of hydrogen-bond acceptors (Lipinski definition) is 3. The molecule has 0 bridgehead atoms. The Bertz CT molecular complexity index is 399. The first kappa shape index (κ1) is 8.10. The summed E-state index contributed by atoms with van der Waals surface area (Å²) in [6.07, 6.45) is 0. The summed E-state index contributed by atoms with van der Waals surface area (Å²) in [4.78, 5) is 4.05. The van der Waals surface area contributed by atoms with Crippen LogP contribution in [0.4, 0.5) is 5.69 Å². The van der Waals surface area contributed by atoms with Crippen LogP contribution in [0.5, 0.6) is 0 Å². The smallest absolute Gasteiger partial charge is 0.184 e. The Balaban J connectivity index is 2.93. The molecule has 0 unspecified atom stereocenters. The first-order valence-corrected chi connectivity index (χ1v) is 4.76. The predicted molar refractivity (Wildman–Crippen MR) is 54.1 cm³/mol. The van der Waals surface area contributed by atoms with Crippen LogP contribution in [0.1, 0.15) is 0 Å². The lowest BCUT2D eigenvalue weighted by molar-refractivity contribution is 1.50. The van der Waals surface area contributed by atoms with E-state index in [1.165, 1.54) is 11.3 Å². The molecule has 1 heterocycles. The Morgan fingerprint density at radius 3 is 2.75 bits per heavy atom. The van der Waals surface area contributed by atoms with Crippen LogP contribution in [0.2, 0.25) is 9.49 Å². The maximum atomic E-state index is 5.90.